The summed E-state index contributed by atoms with van der Waals surface area (Å²) in [5, 5.41) is 7.59. The molecule has 3 heterocycles. The van der Waals surface area contributed by atoms with Gasteiger partial charge in [-0.25, -0.2) is 0 Å². The third-order valence-corrected chi connectivity index (χ3v) is 5.10. The molecule has 2 aromatic heterocycles. The number of hydrogen-bond donors (Lipinski definition) is 1. The van der Waals surface area contributed by atoms with Gasteiger partial charge in [0.05, 0.1) is 30.5 Å². The predicted molar refractivity (Wildman–Crippen MR) is 96.1 cm³/mol. The van der Waals surface area contributed by atoms with E-state index in [0.29, 0.717) is 31.2 Å². The van der Waals surface area contributed by atoms with Gasteiger partial charge in [-0.2, -0.15) is 5.10 Å². The molecule has 1 aliphatic carbocycles. The number of amides is 1. The highest BCUT2D eigenvalue weighted by Gasteiger charge is 2.32. The Bertz CT molecular complexity index is 772. The third-order valence-electron chi connectivity index (χ3n) is 5.10. The summed E-state index contributed by atoms with van der Waals surface area (Å²) in [7, 11) is 1.87. The highest BCUT2D eigenvalue weighted by Crippen LogP contribution is 2.40. The van der Waals surface area contributed by atoms with E-state index in [9.17, 15) is 4.79 Å². The van der Waals surface area contributed by atoms with Gasteiger partial charge in [0.15, 0.2) is 0 Å². The number of ether oxygens (including phenoxy) is 1. The molecule has 140 valence electrons. The van der Waals surface area contributed by atoms with Crippen LogP contribution in [0.1, 0.15) is 52.4 Å². The molecule has 1 aliphatic heterocycles. The summed E-state index contributed by atoms with van der Waals surface area (Å²) < 4.78 is 13.1. The number of carbonyl (C=O) groups excluding carboxylic acids is 1. The van der Waals surface area contributed by atoms with Crippen LogP contribution < -0.4 is 5.32 Å². The Morgan fingerprint density at radius 3 is 2.77 bits per heavy atom. The van der Waals surface area contributed by atoms with Gasteiger partial charge in [-0.1, -0.05) is 0 Å². The van der Waals surface area contributed by atoms with Crippen LogP contribution in [0.2, 0.25) is 0 Å². The lowest BCUT2D eigenvalue weighted by Crippen LogP contribution is -2.43. The van der Waals surface area contributed by atoms with Crippen molar-refractivity contribution in [2.75, 3.05) is 32.8 Å². The molecule has 0 radical (unpaired) electrons. The summed E-state index contributed by atoms with van der Waals surface area (Å²) in [6, 6.07) is 3.98. The number of aryl methyl sites for hydroxylation is 2. The Hall–Kier alpha value is -2.12. The summed E-state index contributed by atoms with van der Waals surface area (Å²) >= 11 is 0. The van der Waals surface area contributed by atoms with Crippen molar-refractivity contribution in [2.24, 2.45) is 7.05 Å². The molecule has 26 heavy (non-hydrogen) atoms. The Morgan fingerprint density at radius 1 is 1.35 bits per heavy atom. The van der Waals surface area contributed by atoms with Crippen LogP contribution in [-0.4, -0.2) is 53.4 Å². The molecule has 1 N–H and O–H groups in total. The lowest BCUT2D eigenvalue weighted by Gasteiger charge is -2.33. The molecular weight excluding hydrogens is 332 g/mol. The molecule has 7 nitrogen and oxygen atoms in total. The second-order valence-electron chi connectivity index (χ2n) is 7.20. The monoisotopic (exact) mass is 358 g/mol. The minimum Gasteiger partial charge on any atom is -0.465 e. The lowest BCUT2D eigenvalue weighted by atomic mass is 10.1. The standard InChI is InChI=1S/C19H26N4O3/c1-13-3-6-17(26-13)16(23-7-9-25-10-8-23)11-20-19(24)15-12-22(2)21-18(15)14-4-5-14/h3,6,12,14,16H,4-5,7-11H2,1-2H3,(H,20,24)/t16-/m0/s1. The highest BCUT2D eigenvalue weighted by molar-refractivity contribution is 5.95. The first-order valence-corrected chi connectivity index (χ1v) is 9.31. The van der Waals surface area contributed by atoms with E-state index in [1.807, 2.05) is 32.3 Å². The second kappa shape index (κ2) is 7.25. The predicted octanol–water partition coefficient (Wildman–Crippen LogP) is 2.00. The number of carbonyl (C=O) groups is 1. The zero-order valence-electron chi connectivity index (χ0n) is 15.4. The minimum atomic E-state index is -0.0541. The minimum absolute atomic E-state index is 0.0117. The lowest BCUT2D eigenvalue weighted by molar-refractivity contribution is 0.0117. The van der Waals surface area contributed by atoms with Crippen molar-refractivity contribution in [1.82, 2.24) is 20.0 Å². The van der Waals surface area contributed by atoms with Gasteiger partial charge in [-0.3, -0.25) is 14.4 Å². The van der Waals surface area contributed by atoms with Gasteiger partial charge < -0.3 is 14.5 Å². The molecule has 0 spiro atoms. The van der Waals surface area contributed by atoms with Crippen LogP contribution in [0.25, 0.3) is 0 Å². The second-order valence-corrected chi connectivity index (χ2v) is 7.20. The van der Waals surface area contributed by atoms with Crippen LogP contribution in [0.3, 0.4) is 0 Å². The van der Waals surface area contributed by atoms with Crippen molar-refractivity contribution >= 4 is 5.91 Å². The van der Waals surface area contributed by atoms with Crippen LogP contribution in [0, 0.1) is 6.92 Å². The van der Waals surface area contributed by atoms with E-state index in [4.69, 9.17) is 9.15 Å². The third kappa shape index (κ3) is 3.68. The van der Waals surface area contributed by atoms with E-state index < -0.39 is 0 Å². The van der Waals surface area contributed by atoms with Gasteiger partial charge in [0.25, 0.3) is 5.91 Å². The van der Waals surface area contributed by atoms with Crippen molar-refractivity contribution < 1.29 is 13.9 Å². The van der Waals surface area contributed by atoms with E-state index >= 15 is 0 Å². The van der Waals surface area contributed by atoms with Crippen LogP contribution in [0.15, 0.2) is 22.7 Å². The van der Waals surface area contributed by atoms with E-state index in [-0.39, 0.29) is 11.9 Å². The molecule has 0 bridgehead atoms. The fourth-order valence-corrected chi connectivity index (χ4v) is 3.55. The molecule has 7 heteroatoms. The first kappa shape index (κ1) is 17.3. The zero-order chi connectivity index (χ0) is 18.1. The Balaban J connectivity index is 1.48. The maximum atomic E-state index is 12.8. The van der Waals surface area contributed by atoms with Gasteiger partial charge in [-0.05, 0) is 31.9 Å². The van der Waals surface area contributed by atoms with Crippen molar-refractivity contribution in [3.63, 3.8) is 0 Å². The number of nitrogens with zero attached hydrogens (tertiary/aromatic N) is 3. The van der Waals surface area contributed by atoms with Crippen molar-refractivity contribution in [2.45, 2.75) is 31.7 Å². The fourth-order valence-electron chi connectivity index (χ4n) is 3.55. The highest BCUT2D eigenvalue weighted by atomic mass is 16.5. The van der Waals surface area contributed by atoms with Gasteiger partial charge in [0.1, 0.15) is 11.5 Å². The summed E-state index contributed by atoms with van der Waals surface area (Å²) in [5.74, 6) is 2.16. The molecule has 2 fully saturated rings. The molecule has 0 aromatic carbocycles. The summed E-state index contributed by atoms with van der Waals surface area (Å²) in [4.78, 5) is 15.1. The maximum Gasteiger partial charge on any atom is 0.254 e. The van der Waals surface area contributed by atoms with Gasteiger partial charge in [-0.15, -0.1) is 0 Å². The first-order chi connectivity index (χ1) is 12.6. The molecule has 1 saturated carbocycles. The van der Waals surface area contributed by atoms with E-state index in [0.717, 1.165) is 43.1 Å². The molecule has 4 rings (SSSR count). The van der Waals surface area contributed by atoms with Gasteiger partial charge in [0.2, 0.25) is 0 Å². The topological polar surface area (TPSA) is 72.5 Å². The van der Waals surface area contributed by atoms with Crippen LogP contribution in [-0.2, 0) is 11.8 Å². The average Bonchev–Trinajstić information content (AvgIpc) is 3.29. The summed E-state index contributed by atoms with van der Waals surface area (Å²) in [5.41, 5.74) is 1.63. The van der Waals surface area contributed by atoms with Crippen molar-refractivity contribution in [1.29, 1.82) is 0 Å². The molecule has 1 saturated heterocycles. The smallest absolute Gasteiger partial charge is 0.254 e. The van der Waals surface area contributed by atoms with Crippen molar-refractivity contribution in [3.8, 4) is 0 Å². The van der Waals surface area contributed by atoms with Gasteiger partial charge in [0, 0.05) is 38.8 Å². The summed E-state index contributed by atoms with van der Waals surface area (Å²) in [6.07, 6.45) is 4.07. The maximum absolute atomic E-state index is 12.8. The molecule has 2 aliphatic rings. The molecule has 0 unspecified atom stereocenters. The first-order valence-electron chi connectivity index (χ1n) is 9.31. The zero-order valence-corrected chi connectivity index (χ0v) is 15.4. The van der Waals surface area contributed by atoms with E-state index in [1.54, 1.807) is 4.68 Å². The Labute approximate surface area is 153 Å². The quantitative estimate of drug-likeness (QED) is 0.855. The molecule has 1 atom stereocenters. The van der Waals surface area contributed by atoms with Crippen LogP contribution in [0.4, 0.5) is 0 Å². The van der Waals surface area contributed by atoms with Crippen LogP contribution >= 0.6 is 0 Å². The average molecular weight is 358 g/mol. The number of rotatable bonds is 6. The van der Waals surface area contributed by atoms with Crippen molar-refractivity contribution in [3.05, 3.63) is 41.1 Å². The fraction of sp³-hybridized carbons (Fsp3) is 0.579. The summed E-state index contributed by atoms with van der Waals surface area (Å²) in [6.45, 7) is 5.53. The SMILES string of the molecule is Cc1ccc([C@H](CNC(=O)c2cn(C)nc2C2CC2)N2CCOCC2)o1. The van der Waals surface area contributed by atoms with Crippen LogP contribution in [0.5, 0.6) is 0 Å². The van der Waals surface area contributed by atoms with E-state index in [1.165, 1.54) is 0 Å². The number of furan rings is 1. The normalized spacial score (nSPS) is 19.5. The Kier molecular flexibility index (Phi) is 4.82. The molecule has 2 aromatic rings. The number of morpholine rings is 1. The number of aromatic nitrogens is 2. The van der Waals surface area contributed by atoms with Gasteiger partial charge >= 0.3 is 0 Å². The Morgan fingerprint density at radius 2 is 2.12 bits per heavy atom. The number of hydrogen-bond acceptors (Lipinski definition) is 5. The molecule has 1 amide bonds. The number of nitrogens with one attached hydrogen (secondary N) is 1. The van der Waals surface area contributed by atoms with E-state index in [2.05, 4.69) is 15.3 Å². The largest absolute Gasteiger partial charge is 0.465 e. The molecular formula is C19H26N4O3.